The lowest BCUT2D eigenvalue weighted by Crippen LogP contribution is -2.70. The molecule has 368 valence electrons. The van der Waals surface area contributed by atoms with E-state index in [0.717, 1.165) is 6.42 Å². The summed E-state index contributed by atoms with van der Waals surface area (Å²) >= 11 is 0. The third kappa shape index (κ3) is 12.3. The van der Waals surface area contributed by atoms with E-state index in [9.17, 15) is 35.1 Å². The van der Waals surface area contributed by atoms with Gasteiger partial charge in [0.25, 0.3) is 0 Å². The van der Waals surface area contributed by atoms with Crippen LogP contribution < -0.4 is 16.0 Å². The number of esters is 1. The standard InChI is InChI=1S/C46H81N5O13/c1-14-18-48-25-46(58)31(8)61-35(22-44(46,10)59-13)63-37-28(5)39(64-41-36(52)33(20-27(4)60-41)51(12)42(55)50-32-17-16-19-47-24-32)43(9,56)21-26(3)23-49-30(7)38(53)45(11,57)34(15-2)62-40(54)29(37)6/h16-17,19,24,26-31,33-39,41,48-49,52-53,56-58H,14-15,18,20-23,25H2,1-13H3,(H,50,55)/t26-,27-,28+,29-,30-,31+,33+,34-,35+,36-,37+,38-,39-,41+,43-,44-,45-,46+/m1/s1. The number of cyclic esters (lactones) is 1. The number of aliphatic hydroxyl groups is 5. The van der Waals surface area contributed by atoms with Gasteiger partial charge < -0.3 is 74.8 Å². The minimum Gasteiger partial charge on any atom is -0.459 e. The third-order valence-corrected chi connectivity index (χ3v) is 14.1. The molecular weight excluding hydrogens is 831 g/mol. The fraction of sp³-hybridized carbons (Fsp3) is 0.848. The van der Waals surface area contributed by atoms with E-state index in [-0.39, 0.29) is 38.1 Å². The molecule has 0 aromatic carbocycles. The van der Waals surface area contributed by atoms with Gasteiger partial charge in [-0.2, -0.15) is 0 Å². The van der Waals surface area contributed by atoms with Gasteiger partial charge in [-0.25, -0.2) is 4.79 Å². The number of carbonyl (C=O) groups excluding carboxylic acids is 2. The molecule has 2 amide bonds. The average Bonchev–Trinajstić information content (AvgIpc) is 3.24. The lowest BCUT2D eigenvalue weighted by atomic mass is 9.75. The number of rotatable bonds is 12. The summed E-state index contributed by atoms with van der Waals surface area (Å²) in [6.45, 7) is 20.4. The maximum Gasteiger partial charge on any atom is 0.321 e. The van der Waals surface area contributed by atoms with E-state index < -0.39 is 114 Å². The Kier molecular flexibility index (Phi) is 19.0. The number of nitrogens with one attached hydrogen (secondary N) is 3. The van der Waals surface area contributed by atoms with Gasteiger partial charge in [0, 0.05) is 45.3 Å². The number of methoxy groups -OCH3 is 1. The summed E-state index contributed by atoms with van der Waals surface area (Å²) in [6, 6.07) is 1.48. The topological polar surface area (TPSA) is 243 Å². The van der Waals surface area contributed by atoms with Crippen LogP contribution in [0.15, 0.2) is 24.5 Å². The number of aromatic nitrogens is 1. The molecule has 64 heavy (non-hydrogen) atoms. The van der Waals surface area contributed by atoms with Crippen molar-refractivity contribution in [1.82, 2.24) is 20.5 Å². The van der Waals surface area contributed by atoms with Crippen LogP contribution in [0.5, 0.6) is 0 Å². The van der Waals surface area contributed by atoms with Crippen molar-refractivity contribution in [1.29, 1.82) is 0 Å². The van der Waals surface area contributed by atoms with Crippen molar-refractivity contribution in [3.63, 3.8) is 0 Å². The summed E-state index contributed by atoms with van der Waals surface area (Å²) in [5.74, 6) is -2.99. The van der Waals surface area contributed by atoms with E-state index in [0.29, 0.717) is 18.8 Å². The number of carbonyl (C=O) groups is 2. The van der Waals surface area contributed by atoms with E-state index >= 15 is 0 Å². The van der Waals surface area contributed by atoms with Crippen LogP contribution in [0, 0.1) is 17.8 Å². The van der Waals surface area contributed by atoms with Gasteiger partial charge in [-0.15, -0.1) is 0 Å². The number of aliphatic hydroxyl groups excluding tert-OH is 2. The van der Waals surface area contributed by atoms with Gasteiger partial charge in [-0.05, 0) is 105 Å². The molecule has 0 unspecified atom stereocenters. The summed E-state index contributed by atoms with van der Waals surface area (Å²) in [5.41, 5.74) is -5.74. The average molecular weight is 912 g/mol. The van der Waals surface area contributed by atoms with Crippen LogP contribution in [0.4, 0.5) is 10.5 Å². The molecule has 0 spiro atoms. The molecule has 0 aliphatic carbocycles. The number of nitrogens with zero attached hydrogens (tertiary/aromatic N) is 2. The van der Waals surface area contributed by atoms with Gasteiger partial charge in [0.15, 0.2) is 12.6 Å². The lowest BCUT2D eigenvalue weighted by molar-refractivity contribution is -0.336. The van der Waals surface area contributed by atoms with Crippen LogP contribution in [0.2, 0.25) is 0 Å². The SMILES string of the molecule is CCCNC[C@]1(O)[C@H](C)O[C@@H](O[C@H]2[C@H](C)[C@@H](O[C@@H]3O[C@H](C)C[C@H](N(C)C(=O)Nc4cccnc4)[C@H]3O)[C@](C)(O)C[C@@H](C)CN[C@H](C)[C@@H](O)[C@](C)(O)[C@@H](CC)OC(=O)[C@@H]2C)C[C@@]1(C)OC. The van der Waals surface area contributed by atoms with Crippen LogP contribution in [-0.2, 0) is 33.2 Å². The second-order valence-corrected chi connectivity index (χ2v) is 19.5. The Morgan fingerprint density at radius 2 is 1.72 bits per heavy atom. The minimum absolute atomic E-state index is 0.0429. The Bertz CT molecular complexity index is 1630. The van der Waals surface area contributed by atoms with Crippen LogP contribution >= 0.6 is 0 Å². The van der Waals surface area contributed by atoms with E-state index in [2.05, 4.69) is 20.9 Å². The van der Waals surface area contributed by atoms with Gasteiger partial charge in [-0.1, -0.05) is 27.7 Å². The lowest BCUT2D eigenvalue weighted by Gasteiger charge is -2.53. The molecular formula is C46H81N5O13. The highest BCUT2D eigenvalue weighted by atomic mass is 16.7. The molecule has 4 rings (SSSR count). The van der Waals surface area contributed by atoms with Crippen molar-refractivity contribution in [2.75, 3.05) is 39.1 Å². The maximum atomic E-state index is 14.5. The number of anilines is 1. The highest BCUT2D eigenvalue weighted by Gasteiger charge is 2.58. The second kappa shape index (κ2) is 22.5. The number of ether oxygens (including phenoxy) is 6. The first-order valence-electron chi connectivity index (χ1n) is 23.2. The second-order valence-electron chi connectivity index (χ2n) is 19.5. The highest BCUT2D eigenvalue weighted by Crippen LogP contribution is 2.43. The third-order valence-electron chi connectivity index (χ3n) is 14.1. The number of amides is 2. The molecule has 1 aromatic rings. The van der Waals surface area contributed by atoms with E-state index in [1.54, 1.807) is 80.8 Å². The van der Waals surface area contributed by atoms with E-state index in [4.69, 9.17) is 28.4 Å². The Morgan fingerprint density at radius 3 is 2.33 bits per heavy atom. The van der Waals surface area contributed by atoms with Crippen molar-refractivity contribution >= 4 is 17.7 Å². The molecule has 3 fully saturated rings. The quantitative estimate of drug-likeness (QED) is 0.111. The maximum absolute atomic E-state index is 14.5. The summed E-state index contributed by atoms with van der Waals surface area (Å²) in [5, 5.41) is 69.4. The Morgan fingerprint density at radius 1 is 1.03 bits per heavy atom. The molecule has 0 radical (unpaired) electrons. The molecule has 18 heteroatoms. The van der Waals surface area contributed by atoms with Crippen molar-refractivity contribution in [3.8, 4) is 0 Å². The zero-order chi connectivity index (χ0) is 47.9. The number of urea groups is 1. The monoisotopic (exact) mass is 912 g/mol. The largest absolute Gasteiger partial charge is 0.459 e. The highest BCUT2D eigenvalue weighted by molar-refractivity contribution is 5.89. The first-order chi connectivity index (χ1) is 29.9. The fourth-order valence-corrected chi connectivity index (χ4v) is 9.88. The molecule has 3 saturated heterocycles. The minimum atomic E-state index is -1.86. The van der Waals surface area contributed by atoms with Gasteiger partial charge >= 0.3 is 12.0 Å². The predicted molar refractivity (Wildman–Crippen MR) is 239 cm³/mol. The van der Waals surface area contributed by atoms with Crippen LogP contribution in [-0.4, -0.2) is 171 Å². The first kappa shape index (κ1) is 54.0. The summed E-state index contributed by atoms with van der Waals surface area (Å²) in [6.07, 6.45) is -5.36. The smallest absolute Gasteiger partial charge is 0.321 e. The molecule has 18 atom stereocenters. The zero-order valence-corrected chi connectivity index (χ0v) is 40.4. The zero-order valence-electron chi connectivity index (χ0n) is 40.4. The number of hydrogen-bond acceptors (Lipinski definition) is 16. The Balaban J connectivity index is 1.79. The Labute approximate surface area is 380 Å². The normalized spacial score (nSPS) is 43.1. The molecule has 3 aliphatic rings. The van der Waals surface area contributed by atoms with Gasteiger partial charge in [0.1, 0.15) is 35.1 Å². The van der Waals surface area contributed by atoms with Gasteiger partial charge in [0.05, 0.1) is 53.9 Å². The predicted octanol–water partition coefficient (Wildman–Crippen LogP) is 2.93. The van der Waals surface area contributed by atoms with Crippen LogP contribution in [0.3, 0.4) is 0 Å². The summed E-state index contributed by atoms with van der Waals surface area (Å²) < 4.78 is 38.5. The summed E-state index contributed by atoms with van der Waals surface area (Å²) in [4.78, 5) is 33.4. The van der Waals surface area contributed by atoms with Crippen molar-refractivity contribution in [3.05, 3.63) is 24.5 Å². The van der Waals surface area contributed by atoms with Gasteiger partial charge in [-0.3, -0.25) is 9.78 Å². The fourth-order valence-electron chi connectivity index (χ4n) is 9.88. The molecule has 4 heterocycles. The van der Waals surface area contributed by atoms with Crippen LogP contribution in [0.1, 0.15) is 108 Å². The van der Waals surface area contributed by atoms with E-state index in [1.165, 1.54) is 25.1 Å². The molecule has 8 N–H and O–H groups in total. The van der Waals surface area contributed by atoms with E-state index in [1.807, 2.05) is 13.8 Å². The van der Waals surface area contributed by atoms with Crippen molar-refractivity contribution in [2.24, 2.45) is 17.8 Å². The first-order valence-corrected chi connectivity index (χ1v) is 23.2. The van der Waals surface area contributed by atoms with Crippen molar-refractivity contribution < 1.29 is 63.5 Å². The molecule has 0 bridgehead atoms. The molecule has 18 nitrogen and oxygen atoms in total. The molecule has 3 aliphatic heterocycles. The number of hydrogen-bond donors (Lipinski definition) is 8. The number of pyridine rings is 1. The molecule has 1 aromatic heterocycles. The number of likely N-dealkylation sites (N-methyl/N-ethyl adjacent to an activating group) is 1. The summed E-state index contributed by atoms with van der Waals surface area (Å²) in [7, 11) is 3.08. The van der Waals surface area contributed by atoms with Crippen molar-refractivity contribution in [2.45, 2.75) is 198 Å². The molecule has 0 saturated carbocycles. The van der Waals surface area contributed by atoms with Gasteiger partial charge in [0.2, 0.25) is 0 Å². The van der Waals surface area contributed by atoms with Crippen LogP contribution in [0.25, 0.3) is 0 Å². The Hall–Kier alpha value is -2.59.